The van der Waals surface area contributed by atoms with Gasteiger partial charge < -0.3 is 10.2 Å². The first-order chi connectivity index (χ1) is 7.22. The molecule has 2 rings (SSSR count). The van der Waals surface area contributed by atoms with Crippen molar-refractivity contribution >= 4 is 15.9 Å². The van der Waals surface area contributed by atoms with Gasteiger partial charge in [0, 0.05) is 11.0 Å². The van der Waals surface area contributed by atoms with Crippen molar-refractivity contribution in [3.05, 3.63) is 40.6 Å². The van der Waals surface area contributed by atoms with Crippen LogP contribution in [0.1, 0.15) is 5.69 Å². The van der Waals surface area contributed by atoms with E-state index in [2.05, 4.69) is 20.9 Å². The Hall–Kier alpha value is -1.20. The van der Waals surface area contributed by atoms with E-state index >= 15 is 0 Å². The molecule has 0 aliphatic rings. The molecule has 2 aromatic rings. The summed E-state index contributed by atoms with van der Waals surface area (Å²) in [5.41, 5.74) is 6.38. The van der Waals surface area contributed by atoms with Crippen LogP contribution in [0, 0.1) is 5.82 Å². The first-order valence-electron chi connectivity index (χ1n) is 4.30. The standard InChI is InChI=1S/C10H8BrFN2O/c11-6-1-2-8(12)7(3-6)10-9(4-13)14-5-15-10/h1-3,5H,4,13H2. The average molecular weight is 271 g/mol. The lowest BCUT2D eigenvalue weighted by atomic mass is 10.1. The van der Waals surface area contributed by atoms with Crippen LogP contribution in [0.25, 0.3) is 11.3 Å². The molecule has 1 aromatic heterocycles. The van der Waals surface area contributed by atoms with Gasteiger partial charge in [0.15, 0.2) is 12.2 Å². The molecule has 0 aliphatic heterocycles. The number of oxazole rings is 1. The fraction of sp³-hybridized carbons (Fsp3) is 0.100. The topological polar surface area (TPSA) is 52.0 Å². The monoisotopic (exact) mass is 270 g/mol. The second-order valence-corrected chi connectivity index (χ2v) is 3.87. The third-order valence-corrected chi connectivity index (χ3v) is 2.50. The van der Waals surface area contributed by atoms with Crippen molar-refractivity contribution in [3.63, 3.8) is 0 Å². The minimum atomic E-state index is -0.357. The van der Waals surface area contributed by atoms with Crippen LogP contribution in [0.2, 0.25) is 0 Å². The predicted molar refractivity (Wildman–Crippen MR) is 57.5 cm³/mol. The lowest BCUT2D eigenvalue weighted by Gasteiger charge is -2.01. The van der Waals surface area contributed by atoms with E-state index in [1.54, 1.807) is 12.1 Å². The normalized spacial score (nSPS) is 10.6. The van der Waals surface area contributed by atoms with E-state index in [1.165, 1.54) is 12.5 Å². The van der Waals surface area contributed by atoms with Gasteiger partial charge in [0.1, 0.15) is 11.5 Å². The minimum absolute atomic E-state index is 0.220. The van der Waals surface area contributed by atoms with E-state index in [0.717, 1.165) is 4.47 Å². The first-order valence-corrected chi connectivity index (χ1v) is 5.09. The number of nitrogens with zero attached hydrogens (tertiary/aromatic N) is 1. The largest absolute Gasteiger partial charge is 0.443 e. The molecule has 5 heteroatoms. The van der Waals surface area contributed by atoms with E-state index in [9.17, 15) is 4.39 Å². The van der Waals surface area contributed by atoms with E-state index in [4.69, 9.17) is 10.2 Å². The van der Waals surface area contributed by atoms with Crippen molar-refractivity contribution in [1.82, 2.24) is 4.98 Å². The zero-order valence-corrected chi connectivity index (χ0v) is 9.29. The van der Waals surface area contributed by atoms with Crippen molar-refractivity contribution < 1.29 is 8.81 Å². The van der Waals surface area contributed by atoms with E-state index in [-0.39, 0.29) is 12.4 Å². The Morgan fingerprint density at radius 1 is 1.47 bits per heavy atom. The number of nitrogens with two attached hydrogens (primary N) is 1. The molecule has 0 bridgehead atoms. The predicted octanol–water partition coefficient (Wildman–Crippen LogP) is 2.70. The van der Waals surface area contributed by atoms with Crippen LogP contribution in [-0.2, 0) is 6.54 Å². The molecule has 0 fully saturated rings. The van der Waals surface area contributed by atoms with Crippen LogP contribution in [0.3, 0.4) is 0 Å². The van der Waals surface area contributed by atoms with Gasteiger partial charge in [0.05, 0.1) is 5.56 Å². The van der Waals surface area contributed by atoms with E-state index in [1.807, 2.05) is 0 Å². The highest BCUT2D eigenvalue weighted by atomic mass is 79.9. The fourth-order valence-electron chi connectivity index (χ4n) is 1.31. The fourth-order valence-corrected chi connectivity index (χ4v) is 1.67. The maximum Gasteiger partial charge on any atom is 0.181 e. The summed E-state index contributed by atoms with van der Waals surface area (Å²) in [5.74, 6) is 0.0287. The molecule has 0 radical (unpaired) electrons. The lowest BCUT2D eigenvalue weighted by Crippen LogP contribution is -1.98. The zero-order valence-electron chi connectivity index (χ0n) is 7.71. The number of rotatable bonds is 2. The molecule has 2 N–H and O–H groups in total. The highest BCUT2D eigenvalue weighted by Gasteiger charge is 2.13. The molecule has 0 saturated carbocycles. The molecule has 1 aromatic carbocycles. The van der Waals surface area contributed by atoms with Gasteiger partial charge in [-0.2, -0.15) is 0 Å². The Morgan fingerprint density at radius 2 is 2.27 bits per heavy atom. The Balaban J connectivity index is 2.58. The van der Waals surface area contributed by atoms with Crippen LogP contribution in [0.15, 0.2) is 33.5 Å². The summed E-state index contributed by atoms with van der Waals surface area (Å²) in [7, 11) is 0. The number of aromatic nitrogens is 1. The summed E-state index contributed by atoms with van der Waals surface area (Å²) < 4.78 is 19.4. The summed E-state index contributed by atoms with van der Waals surface area (Å²) >= 11 is 3.27. The summed E-state index contributed by atoms with van der Waals surface area (Å²) in [6.07, 6.45) is 1.26. The maximum absolute atomic E-state index is 13.5. The summed E-state index contributed by atoms with van der Waals surface area (Å²) in [6.45, 7) is 0.220. The van der Waals surface area contributed by atoms with Gasteiger partial charge in [-0.15, -0.1) is 0 Å². The van der Waals surface area contributed by atoms with Gasteiger partial charge >= 0.3 is 0 Å². The number of hydrogen-bond donors (Lipinski definition) is 1. The molecular formula is C10H8BrFN2O. The van der Waals surface area contributed by atoms with Crippen LogP contribution >= 0.6 is 15.9 Å². The van der Waals surface area contributed by atoms with Crippen molar-refractivity contribution in [2.45, 2.75) is 6.54 Å². The lowest BCUT2D eigenvalue weighted by molar-refractivity contribution is 0.560. The third kappa shape index (κ3) is 1.93. The van der Waals surface area contributed by atoms with Crippen molar-refractivity contribution in [2.24, 2.45) is 5.73 Å². The second kappa shape index (κ2) is 4.12. The first kappa shape index (κ1) is 10.3. The quantitative estimate of drug-likeness (QED) is 0.913. The number of halogens is 2. The van der Waals surface area contributed by atoms with Crippen molar-refractivity contribution in [3.8, 4) is 11.3 Å². The summed E-state index contributed by atoms with van der Waals surface area (Å²) in [5, 5.41) is 0. The minimum Gasteiger partial charge on any atom is -0.443 e. The number of benzene rings is 1. The van der Waals surface area contributed by atoms with Gasteiger partial charge in [0.2, 0.25) is 0 Å². The SMILES string of the molecule is NCc1ncoc1-c1cc(Br)ccc1F. The smallest absolute Gasteiger partial charge is 0.181 e. The van der Waals surface area contributed by atoms with Crippen LogP contribution in [0.4, 0.5) is 4.39 Å². The molecule has 0 amide bonds. The number of hydrogen-bond acceptors (Lipinski definition) is 3. The third-order valence-electron chi connectivity index (χ3n) is 2.01. The van der Waals surface area contributed by atoms with Gasteiger partial charge in [-0.1, -0.05) is 15.9 Å². The highest BCUT2D eigenvalue weighted by molar-refractivity contribution is 9.10. The molecule has 0 unspecified atom stereocenters. The molecule has 78 valence electrons. The highest BCUT2D eigenvalue weighted by Crippen LogP contribution is 2.28. The molecule has 0 saturated heterocycles. The molecule has 3 nitrogen and oxygen atoms in total. The Labute approximate surface area is 94.2 Å². The Morgan fingerprint density at radius 3 is 3.00 bits per heavy atom. The molecular weight excluding hydrogens is 263 g/mol. The van der Waals surface area contributed by atoms with Gasteiger partial charge in [-0.3, -0.25) is 0 Å². The summed E-state index contributed by atoms with van der Waals surface area (Å²) in [4.78, 5) is 3.91. The van der Waals surface area contributed by atoms with Gasteiger partial charge in [-0.25, -0.2) is 9.37 Å². The van der Waals surface area contributed by atoms with Crippen LogP contribution < -0.4 is 5.73 Å². The molecule has 0 aliphatic carbocycles. The van der Waals surface area contributed by atoms with Crippen molar-refractivity contribution in [2.75, 3.05) is 0 Å². The van der Waals surface area contributed by atoms with Crippen LogP contribution in [-0.4, -0.2) is 4.98 Å². The Bertz CT molecular complexity index is 484. The zero-order chi connectivity index (χ0) is 10.8. The van der Waals surface area contributed by atoms with Crippen LogP contribution in [0.5, 0.6) is 0 Å². The maximum atomic E-state index is 13.5. The summed E-state index contributed by atoms with van der Waals surface area (Å²) in [6, 6.07) is 4.62. The van der Waals surface area contributed by atoms with Gasteiger partial charge in [0.25, 0.3) is 0 Å². The average Bonchev–Trinajstić information content (AvgIpc) is 2.69. The molecule has 0 atom stereocenters. The van der Waals surface area contributed by atoms with Crippen molar-refractivity contribution in [1.29, 1.82) is 0 Å². The molecule has 0 spiro atoms. The molecule has 1 heterocycles. The van der Waals surface area contributed by atoms with E-state index < -0.39 is 0 Å². The molecule has 15 heavy (non-hydrogen) atoms. The van der Waals surface area contributed by atoms with Gasteiger partial charge in [-0.05, 0) is 18.2 Å². The second-order valence-electron chi connectivity index (χ2n) is 2.96. The Kier molecular flexibility index (Phi) is 2.83. The van der Waals surface area contributed by atoms with E-state index in [0.29, 0.717) is 17.0 Å².